The zero-order valence-corrected chi connectivity index (χ0v) is 28.7. The Bertz CT molecular complexity index is 587. The molecule has 8 heteroatoms. The summed E-state index contributed by atoms with van der Waals surface area (Å²) < 4.78 is 10.6. The van der Waals surface area contributed by atoms with Gasteiger partial charge in [0.2, 0.25) is 0 Å². The van der Waals surface area contributed by atoms with E-state index in [0.717, 1.165) is 51.5 Å². The molecule has 0 heterocycles. The second kappa shape index (κ2) is 30.8. The third-order valence-electron chi connectivity index (χ3n) is 7.97. The predicted molar refractivity (Wildman–Crippen MR) is 177 cm³/mol. The van der Waals surface area contributed by atoms with Crippen LogP contribution in [0.4, 0.5) is 0 Å². The normalized spacial score (nSPS) is 13.0. The van der Waals surface area contributed by atoms with Crippen molar-refractivity contribution in [2.24, 2.45) is 0 Å². The van der Waals surface area contributed by atoms with Gasteiger partial charge in [-0.05, 0) is 46.4 Å². The number of aliphatic hydroxyl groups excluding tert-OH is 2. The van der Waals surface area contributed by atoms with Gasteiger partial charge in [-0.1, -0.05) is 129 Å². The Morgan fingerprint density at radius 3 is 1.16 bits per heavy atom. The number of hydrogen-bond donors (Lipinski definition) is 2. The molecule has 2 unspecified atom stereocenters. The summed E-state index contributed by atoms with van der Waals surface area (Å²) in [6.07, 6.45) is 22.2. The molecule has 0 radical (unpaired) electrons. The first-order valence-corrected chi connectivity index (χ1v) is 17.9. The van der Waals surface area contributed by atoms with E-state index in [1.54, 1.807) is 4.90 Å². The molecule has 0 saturated heterocycles. The van der Waals surface area contributed by atoms with E-state index in [2.05, 4.69) is 13.8 Å². The van der Waals surface area contributed by atoms with Crippen molar-refractivity contribution in [1.82, 2.24) is 9.80 Å². The summed E-state index contributed by atoms with van der Waals surface area (Å²) in [5, 5.41) is 21.0. The van der Waals surface area contributed by atoms with Crippen LogP contribution in [0.5, 0.6) is 0 Å². The lowest BCUT2D eigenvalue weighted by molar-refractivity contribution is -0.156. The minimum atomic E-state index is -1.32. The molecule has 256 valence electrons. The maximum atomic E-state index is 12.4. The van der Waals surface area contributed by atoms with E-state index in [4.69, 9.17) is 9.47 Å². The lowest BCUT2D eigenvalue weighted by Crippen LogP contribution is -2.44. The van der Waals surface area contributed by atoms with Crippen molar-refractivity contribution >= 4 is 11.9 Å². The van der Waals surface area contributed by atoms with Crippen molar-refractivity contribution < 1.29 is 29.3 Å². The van der Waals surface area contributed by atoms with Gasteiger partial charge in [0.25, 0.3) is 0 Å². The Morgan fingerprint density at radius 2 is 0.837 bits per heavy atom. The molecular weight excluding hydrogens is 544 g/mol. The lowest BCUT2D eigenvalue weighted by Gasteiger charge is -2.26. The molecule has 0 rings (SSSR count). The van der Waals surface area contributed by atoms with Gasteiger partial charge in [-0.3, -0.25) is 4.90 Å². The molecule has 2 N–H and O–H groups in total. The van der Waals surface area contributed by atoms with Crippen molar-refractivity contribution in [1.29, 1.82) is 0 Å². The van der Waals surface area contributed by atoms with Crippen LogP contribution in [0.2, 0.25) is 0 Å². The van der Waals surface area contributed by atoms with E-state index in [9.17, 15) is 19.8 Å². The Balaban J connectivity index is 4.24. The average Bonchev–Trinajstić information content (AvgIpc) is 2.98. The molecule has 0 aromatic heterocycles. The van der Waals surface area contributed by atoms with Crippen LogP contribution in [-0.4, -0.2) is 97.6 Å². The largest absolute Gasteiger partial charge is 0.464 e. The molecule has 0 aliphatic carbocycles. The Kier molecular flexibility index (Phi) is 29.9. The molecule has 0 spiro atoms. The average molecular weight is 615 g/mol. The van der Waals surface area contributed by atoms with Crippen LogP contribution in [0.15, 0.2) is 0 Å². The molecule has 0 amide bonds. The smallest absolute Gasteiger partial charge is 0.336 e. The van der Waals surface area contributed by atoms with E-state index in [1.807, 2.05) is 19.0 Å². The van der Waals surface area contributed by atoms with Crippen LogP contribution in [0.3, 0.4) is 0 Å². The van der Waals surface area contributed by atoms with Gasteiger partial charge in [0.1, 0.15) is 0 Å². The first kappa shape index (κ1) is 41.8. The van der Waals surface area contributed by atoms with Crippen LogP contribution < -0.4 is 0 Å². The number of rotatable bonds is 32. The number of carbonyl (C=O) groups excluding carboxylic acids is 2. The quantitative estimate of drug-likeness (QED) is 0.0624. The van der Waals surface area contributed by atoms with Gasteiger partial charge in [0.15, 0.2) is 12.2 Å². The minimum absolute atomic E-state index is 0.00702. The van der Waals surface area contributed by atoms with Crippen LogP contribution in [-0.2, 0) is 19.1 Å². The number of unbranched alkanes of at least 4 members (excludes halogenated alkanes) is 18. The van der Waals surface area contributed by atoms with Gasteiger partial charge in [-0.15, -0.1) is 0 Å². The molecular formula is C35H70N2O6. The number of hydrogen-bond acceptors (Lipinski definition) is 8. The first-order valence-electron chi connectivity index (χ1n) is 17.9. The van der Waals surface area contributed by atoms with E-state index in [0.29, 0.717) is 19.8 Å². The highest BCUT2D eigenvalue weighted by molar-refractivity contribution is 5.75. The Labute approximate surface area is 265 Å². The third kappa shape index (κ3) is 28.0. The maximum Gasteiger partial charge on any atom is 0.336 e. The van der Waals surface area contributed by atoms with Crippen LogP contribution in [0, 0.1) is 0 Å². The van der Waals surface area contributed by atoms with E-state index >= 15 is 0 Å². The fraction of sp³-hybridized carbons (Fsp3) is 0.943. The topological polar surface area (TPSA) is 99.5 Å². The molecule has 2 atom stereocenters. The van der Waals surface area contributed by atoms with Gasteiger partial charge < -0.3 is 24.6 Å². The number of aliphatic hydroxyl groups is 2. The second-order valence-corrected chi connectivity index (χ2v) is 12.6. The minimum Gasteiger partial charge on any atom is -0.464 e. The van der Waals surface area contributed by atoms with Crippen molar-refractivity contribution in [3.8, 4) is 0 Å². The summed E-state index contributed by atoms with van der Waals surface area (Å²) in [5.41, 5.74) is 0. The SMILES string of the molecule is CCCCCCCCCCCCOC(=O)C(O)CN(CCCN(C)C)CC(O)C(=O)OCCCCCCCCCCCC. The molecule has 0 bridgehead atoms. The Morgan fingerprint density at radius 1 is 0.512 bits per heavy atom. The summed E-state index contributed by atoms with van der Waals surface area (Å²) in [6, 6.07) is 0. The zero-order chi connectivity index (χ0) is 32.0. The van der Waals surface area contributed by atoms with Gasteiger partial charge in [-0.2, -0.15) is 0 Å². The van der Waals surface area contributed by atoms with Crippen molar-refractivity contribution in [2.45, 2.75) is 161 Å². The number of carbonyl (C=O) groups is 2. The molecule has 0 fully saturated rings. The summed E-state index contributed by atoms with van der Waals surface area (Å²) in [5.74, 6) is -1.29. The van der Waals surface area contributed by atoms with Crippen LogP contribution >= 0.6 is 0 Å². The van der Waals surface area contributed by atoms with Crippen molar-refractivity contribution in [3.63, 3.8) is 0 Å². The van der Waals surface area contributed by atoms with Gasteiger partial charge in [0.05, 0.1) is 13.2 Å². The van der Waals surface area contributed by atoms with Gasteiger partial charge in [-0.25, -0.2) is 9.59 Å². The molecule has 0 aliphatic rings. The van der Waals surface area contributed by atoms with Crippen molar-refractivity contribution in [3.05, 3.63) is 0 Å². The molecule has 0 saturated carbocycles. The van der Waals surface area contributed by atoms with Crippen LogP contribution in [0.25, 0.3) is 0 Å². The van der Waals surface area contributed by atoms with E-state index in [1.165, 1.54) is 89.9 Å². The molecule has 43 heavy (non-hydrogen) atoms. The summed E-state index contributed by atoms with van der Waals surface area (Å²) in [4.78, 5) is 28.6. The lowest BCUT2D eigenvalue weighted by atomic mass is 10.1. The first-order chi connectivity index (χ1) is 20.8. The van der Waals surface area contributed by atoms with E-state index < -0.39 is 24.1 Å². The molecule has 0 aromatic rings. The zero-order valence-electron chi connectivity index (χ0n) is 28.7. The highest BCUT2D eigenvalue weighted by Crippen LogP contribution is 2.12. The highest BCUT2D eigenvalue weighted by atomic mass is 16.6. The fourth-order valence-electron chi connectivity index (χ4n) is 5.22. The maximum absolute atomic E-state index is 12.4. The fourth-order valence-corrected chi connectivity index (χ4v) is 5.22. The summed E-state index contributed by atoms with van der Waals surface area (Å²) in [6.45, 7) is 6.44. The number of nitrogens with zero attached hydrogens (tertiary/aromatic N) is 2. The standard InChI is InChI=1S/C35H70N2O6/c1-5-7-9-11-13-15-17-19-21-23-28-42-34(40)32(38)30-37(27-25-26-36(3)4)31-33(39)35(41)43-29-24-22-20-18-16-14-12-10-8-6-2/h32-33,38-39H,5-31H2,1-4H3. The van der Waals surface area contributed by atoms with Gasteiger partial charge >= 0.3 is 11.9 Å². The van der Waals surface area contributed by atoms with E-state index in [-0.39, 0.29) is 13.1 Å². The monoisotopic (exact) mass is 615 g/mol. The molecule has 0 aromatic carbocycles. The summed E-state index contributed by atoms with van der Waals surface area (Å²) >= 11 is 0. The predicted octanol–water partition coefficient (Wildman–Crippen LogP) is 6.89. The van der Waals surface area contributed by atoms with Crippen LogP contribution in [0.1, 0.15) is 149 Å². The third-order valence-corrected chi connectivity index (χ3v) is 7.97. The van der Waals surface area contributed by atoms with Crippen molar-refractivity contribution in [2.75, 3.05) is 53.5 Å². The number of esters is 2. The summed E-state index contributed by atoms with van der Waals surface area (Å²) in [7, 11) is 3.95. The molecule has 0 aliphatic heterocycles. The Hall–Kier alpha value is -1.22. The molecule has 8 nitrogen and oxygen atoms in total. The second-order valence-electron chi connectivity index (χ2n) is 12.6. The highest BCUT2D eigenvalue weighted by Gasteiger charge is 2.25. The van der Waals surface area contributed by atoms with Gasteiger partial charge in [0, 0.05) is 13.1 Å². The number of ether oxygens (including phenoxy) is 2.